The van der Waals surface area contributed by atoms with Gasteiger partial charge in [-0.1, -0.05) is 0 Å². The topological polar surface area (TPSA) is 140 Å². The van der Waals surface area contributed by atoms with Gasteiger partial charge in [0.25, 0.3) is 5.91 Å². The summed E-state index contributed by atoms with van der Waals surface area (Å²) in [7, 11) is 0. The molecule has 0 aromatic carbocycles. The van der Waals surface area contributed by atoms with Gasteiger partial charge in [-0.2, -0.15) is 4.37 Å². The molecule has 0 saturated carbocycles. The van der Waals surface area contributed by atoms with Gasteiger partial charge < -0.3 is 15.8 Å². The molecule has 2 aromatic rings. The average molecular weight is 335 g/mol. The molecule has 2 rings (SSSR count). The van der Waals surface area contributed by atoms with Crippen LogP contribution in [0.4, 0.5) is 16.6 Å². The van der Waals surface area contributed by atoms with Crippen molar-refractivity contribution in [3.05, 3.63) is 23.7 Å². The van der Waals surface area contributed by atoms with Crippen molar-refractivity contribution in [3.63, 3.8) is 0 Å². The van der Waals surface area contributed by atoms with E-state index in [1.54, 1.807) is 13.0 Å². The molecule has 9 nitrogen and oxygen atoms in total. The second-order valence-electron chi connectivity index (χ2n) is 4.91. The van der Waals surface area contributed by atoms with Gasteiger partial charge in [-0.05, 0) is 31.4 Å². The van der Waals surface area contributed by atoms with Crippen molar-refractivity contribution in [1.29, 1.82) is 0 Å². The van der Waals surface area contributed by atoms with Crippen LogP contribution in [0.1, 0.15) is 29.5 Å². The molecule has 23 heavy (non-hydrogen) atoms. The third-order valence-corrected chi connectivity index (χ3v) is 3.84. The van der Waals surface area contributed by atoms with Gasteiger partial charge in [0.1, 0.15) is 11.3 Å². The second kappa shape index (κ2) is 7.11. The Morgan fingerprint density at radius 1 is 1.57 bits per heavy atom. The number of nitrogens with zero attached hydrogens (tertiary/aromatic N) is 4. The van der Waals surface area contributed by atoms with Gasteiger partial charge in [-0.3, -0.25) is 9.80 Å². The zero-order valence-corrected chi connectivity index (χ0v) is 13.5. The Hall–Kier alpha value is -2.59. The lowest BCUT2D eigenvalue weighted by atomic mass is 10.2. The summed E-state index contributed by atoms with van der Waals surface area (Å²) < 4.78 is 4.14. The number of nitrogens with two attached hydrogens (primary N) is 2. The zero-order valence-electron chi connectivity index (χ0n) is 12.7. The summed E-state index contributed by atoms with van der Waals surface area (Å²) >= 11 is 1.22. The van der Waals surface area contributed by atoms with Crippen LogP contribution in [0.2, 0.25) is 0 Å². The van der Waals surface area contributed by atoms with Crippen LogP contribution >= 0.6 is 11.5 Å². The highest BCUT2D eigenvalue weighted by molar-refractivity contribution is 7.10. The molecule has 5 N–H and O–H groups in total. The van der Waals surface area contributed by atoms with Crippen molar-refractivity contribution >= 4 is 40.4 Å². The number of aromatic nitrogens is 3. The lowest BCUT2D eigenvalue weighted by Gasteiger charge is -2.23. The van der Waals surface area contributed by atoms with Crippen molar-refractivity contribution < 1.29 is 9.59 Å². The number of carbonyl (C=O) groups excluding carboxylic acids is 2. The third kappa shape index (κ3) is 3.99. The van der Waals surface area contributed by atoms with E-state index in [2.05, 4.69) is 19.7 Å². The molecule has 0 saturated heterocycles. The smallest absolute Gasteiger partial charge is 0.271 e. The predicted octanol–water partition coefficient (Wildman–Crippen LogP) is 0.742. The summed E-state index contributed by atoms with van der Waals surface area (Å²) in [6.45, 7) is 3.62. The Kier molecular flexibility index (Phi) is 5.19. The van der Waals surface area contributed by atoms with E-state index in [1.807, 2.05) is 6.92 Å². The number of primary amides is 1. The van der Waals surface area contributed by atoms with Gasteiger partial charge in [-0.25, -0.2) is 15.8 Å². The molecule has 2 aromatic heterocycles. The molecular weight excluding hydrogens is 318 g/mol. The SMILES string of the molecule is Cc1cc(Nc2nc(N(N)[C@H](C)CC=O)cnc2C(N)=O)sn1. The van der Waals surface area contributed by atoms with Gasteiger partial charge in [-0.15, -0.1) is 0 Å². The summed E-state index contributed by atoms with van der Waals surface area (Å²) in [6, 6.07) is 1.54. The Morgan fingerprint density at radius 2 is 2.30 bits per heavy atom. The minimum atomic E-state index is -0.711. The predicted molar refractivity (Wildman–Crippen MR) is 87.5 cm³/mol. The zero-order chi connectivity index (χ0) is 17.0. The van der Waals surface area contributed by atoms with Crippen molar-refractivity contribution in [2.75, 3.05) is 10.3 Å². The fourth-order valence-corrected chi connectivity index (χ4v) is 2.45. The van der Waals surface area contributed by atoms with Crippen molar-refractivity contribution in [2.24, 2.45) is 11.6 Å². The summed E-state index contributed by atoms with van der Waals surface area (Å²) in [5.41, 5.74) is 6.15. The quantitative estimate of drug-likeness (QED) is 0.382. The number of rotatable bonds is 7. The lowest BCUT2D eigenvalue weighted by Crippen LogP contribution is -2.40. The number of nitrogens with one attached hydrogen (secondary N) is 1. The first kappa shape index (κ1) is 16.8. The highest BCUT2D eigenvalue weighted by atomic mass is 32.1. The average Bonchev–Trinajstić information content (AvgIpc) is 2.91. The first-order valence-corrected chi connectivity index (χ1v) is 7.54. The van der Waals surface area contributed by atoms with Gasteiger partial charge in [0, 0.05) is 6.42 Å². The lowest BCUT2D eigenvalue weighted by molar-refractivity contribution is -0.108. The molecular formula is C13H17N7O2S. The minimum Gasteiger partial charge on any atom is -0.364 e. The van der Waals surface area contributed by atoms with Crippen LogP contribution < -0.4 is 21.9 Å². The van der Waals surface area contributed by atoms with E-state index in [1.165, 1.54) is 22.7 Å². The Bertz CT molecular complexity index is 718. The maximum Gasteiger partial charge on any atom is 0.271 e. The van der Waals surface area contributed by atoms with Crippen LogP contribution in [-0.2, 0) is 4.79 Å². The number of aldehydes is 1. The van der Waals surface area contributed by atoms with Crippen molar-refractivity contribution in [2.45, 2.75) is 26.3 Å². The van der Waals surface area contributed by atoms with E-state index in [0.717, 1.165) is 12.0 Å². The number of aryl methyl sites for hydroxylation is 1. The van der Waals surface area contributed by atoms with E-state index in [-0.39, 0.29) is 24.0 Å². The van der Waals surface area contributed by atoms with Gasteiger partial charge in [0.05, 0.1) is 17.9 Å². The molecule has 1 atom stereocenters. The Labute approximate surface area is 136 Å². The molecule has 0 aliphatic rings. The summed E-state index contributed by atoms with van der Waals surface area (Å²) in [4.78, 5) is 30.4. The molecule has 0 radical (unpaired) electrons. The number of hydrazine groups is 1. The second-order valence-corrected chi connectivity index (χ2v) is 5.71. The van der Waals surface area contributed by atoms with Crippen LogP contribution in [0.25, 0.3) is 0 Å². The highest BCUT2D eigenvalue weighted by Gasteiger charge is 2.18. The molecule has 122 valence electrons. The monoisotopic (exact) mass is 335 g/mol. The summed E-state index contributed by atoms with van der Waals surface area (Å²) in [5.74, 6) is 5.73. The van der Waals surface area contributed by atoms with Gasteiger partial charge in [0.15, 0.2) is 17.3 Å². The van der Waals surface area contributed by atoms with E-state index in [4.69, 9.17) is 11.6 Å². The summed E-state index contributed by atoms with van der Waals surface area (Å²) in [5, 5.41) is 4.98. The summed E-state index contributed by atoms with van der Waals surface area (Å²) in [6.07, 6.45) is 2.35. The van der Waals surface area contributed by atoms with Crippen LogP contribution in [0, 0.1) is 6.92 Å². The van der Waals surface area contributed by atoms with Crippen LogP contribution in [0.5, 0.6) is 0 Å². The maximum absolute atomic E-state index is 11.5. The molecule has 0 spiro atoms. The minimum absolute atomic E-state index is 0.00348. The number of carbonyl (C=O) groups is 2. The first-order chi connectivity index (χ1) is 10.9. The van der Waals surface area contributed by atoms with Gasteiger partial charge in [0.2, 0.25) is 0 Å². The molecule has 2 heterocycles. The van der Waals surface area contributed by atoms with Crippen LogP contribution in [-0.4, -0.2) is 32.6 Å². The van der Waals surface area contributed by atoms with E-state index in [0.29, 0.717) is 10.8 Å². The number of hydrogen-bond donors (Lipinski definition) is 3. The fraction of sp³-hybridized carbons (Fsp3) is 0.308. The third-order valence-electron chi connectivity index (χ3n) is 3.04. The fourth-order valence-electron chi connectivity index (χ4n) is 1.79. The maximum atomic E-state index is 11.5. The Balaban J connectivity index is 2.35. The van der Waals surface area contributed by atoms with E-state index < -0.39 is 5.91 Å². The first-order valence-electron chi connectivity index (χ1n) is 6.77. The standard InChI is InChI=1S/C13H17N7O2S/c1-7-5-10(23-19-7)18-13-11(12(14)22)16-6-9(17-13)20(15)8(2)3-4-21/h4-6,8H,3,15H2,1-2H3,(H2,14,22)(H,17,18)/t8-/m1/s1. The van der Waals surface area contributed by atoms with E-state index in [9.17, 15) is 9.59 Å². The van der Waals surface area contributed by atoms with Crippen LogP contribution in [0.3, 0.4) is 0 Å². The number of anilines is 3. The van der Waals surface area contributed by atoms with Crippen molar-refractivity contribution in [3.8, 4) is 0 Å². The normalized spacial score (nSPS) is 11.8. The molecule has 10 heteroatoms. The number of amides is 1. The van der Waals surface area contributed by atoms with Gasteiger partial charge >= 0.3 is 0 Å². The molecule has 0 unspecified atom stereocenters. The molecule has 0 fully saturated rings. The molecule has 0 bridgehead atoms. The largest absolute Gasteiger partial charge is 0.364 e. The highest BCUT2D eigenvalue weighted by Crippen LogP contribution is 2.24. The number of hydrogen-bond acceptors (Lipinski definition) is 9. The van der Waals surface area contributed by atoms with Crippen molar-refractivity contribution in [1.82, 2.24) is 14.3 Å². The van der Waals surface area contributed by atoms with Crippen LogP contribution in [0.15, 0.2) is 12.3 Å². The molecule has 1 amide bonds. The molecule has 0 aliphatic carbocycles. The Morgan fingerprint density at radius 3 is 2.87 bits per heavy atom. The van der Waals surface area contributed by atoms with E-state index >= 15 is 0 Å². The molecule has 0 aliphatic heterocycles.